The highest BCUT2D eigenvalue weighted by Crippen LogP contribution is 2.24. The van der Waals surface area contributed by atoms with Gasteiger partial charge in [-0.2, -0.15) is 0 Å². The van der Waals surface area contributed by atoms with Crippen molar-refractivity contribution in [2.75, 3.05) is 26.2 Å². The molecule has 0 radical (unpaired) electrons. The molecular formula is C15H26N2O. The normalized spacial score (nSPS) is 25.1. The molecule has 1 atom stereocenters. The topological polar surface area (TPSA) is 23.6 Å². The quantitative estimate of drug-likeness (QED) is 0.699. The maximum absolute atomic E-state index is 11.9. The molecule has 1 aliphatic carbocycles. The first-order chi connectivity index (χ1) is 8.70. The highest BCUT2D eigenvalue weighted by molar-refractivity contribution is 5.87. The maximum Gasteiger partial charge on any atom is 0.246 e. The molecule has 3 heteroatoms. The Kier molecular flexibility index (Phi) is 4.81. The summed E-state index contributed by atoms with van der Waals surface area (Å²) in [7, 11) is 0. The molecule has 1 saturated heterocycles. The Morgan fingerprint density at radius 2 is 2.17 bits per heavy atom. The number of amides is 1. The molecule has 0 aromatic rings. The predicted molar refractivity (Wildman–Crippen MR) is 74.4 cm³/mol. The number of hydrogen-bond acceptors (Lipinski definition) is 2. The van der Waals surface area contributed by atoms with Gasteiger partial charge >= 0.3 is 0 Å². The van der Waals surface area contributed by atoms with Crippen molar-refractivity contribution in [3.05, 3.63) is 12.2 Å². The fourth-order valence-electron chi connectivity index (χ4n) is 2.82. The summed E-state index contributed by atoms with van der Waals surface area (Å²) in [5, 5.41) is 0. The molecule has 2 aliphatic rings. The van der Waals surface area contributed by atoms with Crippen molar-refractivity contribution < 1.29 is 4.79 Å². The van der Waals surface area contributed by atoms with Gasteiger partial charge in [0.05, 0.1) is 0 Å². The Morgan fingerprint density at radius 1 is 1.39 bits per heavy atom. The van der Waals surface area contributed by atoms with E-state index < -0.39 is 0 Å². The number of carbonyl (C=O) groups is 1. The van der Waals surface area contributed by atoms with Crippen LogP contribution in [0.2, 0.25) is 0 Å². The Labute approximate surface area is 111 Å². The van der Waals surface area contributed by atoms with Gasteiger partial charge in [0.2, 0.25) is 5.91 Å². The summed E-state index contributed by atoms with van der Waals surface area (Å²) in [6.07, 6.45) is 9.02. The summed E-state index contributed by atoms with van der Waals surface area (Å²) in [4.78, 5) is 16.4. The molecule has 0 aromatic heterocycles. The van der Waals surface area contributed by atoms with Crippen LogP contribution in [0.1, 0.15) is 39.5 Å². The molecule has 18 heavy (non-hydrogen) atoms. The van der Waals surface area contributed by atoms with Crippen LogP contribution >= 0.6 is 0 Å². The highest BCUT2D eigenvalue weighted by Gasteiger charge is 2.23. The molecule has 0 unspecified atom stereocenters. The van der Waals surface area contributed by atoms with E-state index in [2.05, 4.69) is 18.7 Å². The zero-order valence-corrected chi connectivity index (χ0v) is 11.8. The van der Waals surface area contributed by atoms with Gasteiger partial charge in [0.25, 0.3) is 0 Å². The lowest BCUT2D eigenvalue weighted by Crippen LogP contribution is -2.40. The summed E-state index contributed by atoms with van der Waals surface area (Å²) < 4.78 is 0. The van der Waals surface area contributed by atoms with Crippen molar-refractivity contribution in [3.63, 3.8) is 0 Å². The van der Waals surface area contributed by atoms with Crippen LogP contribution in [-0.2, 0) is 4.79 Å². The van der Waals surface area contributed by atoms with Crippen molar-refractivity contribution >= 4 is 5.91 Å². The smallest absolute Gasteiger partial charge is 0.246 e. The minimum absolute atomic E-state index is 0.198. The van der Waals surface area contributed by atoms with E-state index in [-0.39, 0.29) is 5.91 Å². The average molecular weight is 250 g/mol. The minimum atomic E-state index is 0.198. The van der Waals surface area contributed by atoms with Gasteiger partial charge in [0.1, 0.15) is 0 Å². The standard InChI is InChI=1S/C15H26N2O/c1-3-16(14-6-4-7-14)10-5-8-15(18)17-11-9-13(2)12-17/h5,8,13-14H,3-4,6-7,9-12H2,1-2H3/b8-5+/t13-/m1/s1. The minimum Gasteiger partial charge on any atom is -0.339 e. The highest BCUT2D eigenvalue weighted by atomic mass is 16.2. The Morgan fingerprint density at radius 3 is 2.67 bits per heavy atom. The van der Waals surface area contributed by atoms with E-state index in [1.165, 1.54) is 19.3 Å². The molecule has 0 aromatic carbocycles. The number of nitrogens with zero attached hydrogens (tertiary/aromatic N) is 2. The van der Waals surface area contributed by atoms with Crippen molar-refractivity contribution in [2.24, 2.45) is 5.92 Å². The molecule has 0 N–H and O–H groups in total. The summed E-state index contributed by atoms with van der Waals surface area (Å²) in [5.74, 6) is 0.869. The second-order valence-electron chi connectivity index (χ2n) is 5.75. The maximum atomic E-state index is 11.9. The number of likely N-dealkylation sites (tertiary alicyclic amines) is 1. The third kappa shape index (κ3) is 3.35. The first-order valence-corrected chi connectivity index (χ1v) is 7.40. The first kappa shape index (κ1) is 13.6. The largest absolute Gasteiger partial charge is 0.339 e. The van der Waals surface area contributed by atoms with E-state index in [0.29, 0.717) is 5.92 Å². The van der Waals surface area contributed by atoms with Gasteiger partial charge < -0.3 is 4.90 Å². The molecular weight excluding hydrogens is 224 g/mol. The van der Waals surface area contributed by atoms with Crippen LogP contribution in [0.25, 0.3) is 0 Å². The van der Waals surface area contributed by atoms with Gasteiger partial charge in [-0.1, -0.05) is 26.3 Å². The number of carbonyl (C=O) groups excluding carboxylic acids is 1. The number of likely N-dealkylation sites (N-methyl/N-ethyl adjacent to an activating group) is 1. The van der Waals surface area contributed by atoms with Gasteiger partial charge in [-0.25, -0.2) is 0 Å². The fourth-order valence-corrected chi connectivity index (χ4v) is 2.82. The van der Waals surface area contributed by atoms with E-state index in [4.69, 9.17) is 0 Å². The van der Waals surface area contributed by atoms with Crippen LogP contribution in [0.3, 0.4) is 0 Å². The third-order valence-electron chi connectivity index (χ3n) is 4.33. The molecule has 0 bridgehead atoms. The predicted octanol–water partition coefficient (Wildman–Crippen LogP) is 2.29. The summed E-state index contributed by atoms with van der Waals surface area (Å²) in [6, 6.07) is 0.765. The van der Waals surface area contributed by atoms with Crippen molar-refractivity contribution in [2.45, 2.75) is 45.6 Å². The molecule has 1 aliphatic heterocycles. The second-order valence-corrected chi connectivity index (χ2v) is 5.75. The number of rotatable bonds is 5. The lowest BCUT2D eigenvalue weighted by Gasteiger charge is -2.36. The number of hydrogen-bond donors (Lipinski definition) is 0. The van der Waals surface area contributed by atoms with Gasteiger partial charge in [-0.15, -0.1) is 0 Å². The van der Waals surface area contributed by atoms with Crippen molar-refractivity contribution in [1.29, 1.82) is 0 Å². The van der Waals surface area contributed by atoms with Gasteiger partial charge in [-0.05, 0) is 31.7 Å². The SMILES string of the molecule is CCN(C/C=C/C(=O)N1CC[C@@H](C)C1)C1CCC1. The first-order valence-electron chi connectivity index (χ1n) is 7.40. The van der Waals surface area contributed by atoms with Gasteiger partial charge in [0.15, 0.2) is 0 Å². The van der Waals surface area contributed by atoms with Crippen molar-refractivity contribution in [3.8, 4) is 0 Å². The lowest BCUT2D eigenvalue weighted by molar-refractivity contribution is -0.125. The van der Waals surface area contributed by atoms with Crippen LogP contribution in [-0.4, -0.2) is 47.9 Å². The summed E-state index contributed by atoms with van der Waals surface area (Å²) >= 11 is 0. The molecule has 1 heterocycles. The van der Waals surface area contributed by atoms with E-state index in [9.17, 15) is 4.79 Å². The Bertz CT molecular complexity index is 310. The average Bonchev–Trinajstić information content (AvgIpc) is 2.72. The Balaban J connectivity index is 1.74. The van der Waals surface area contributed by atoms with Crippen LogP contribution in [0, 0.1) is 5.92 Å². The lowest BCUT2D eigenvalue weighted by atomic mass is 9.91. The molecule has 0 spiro atoms. The summed E-state index contributed by atoms with van der Waals surface area (Å²) in [6.45, 7) is 8.30. The van der Waals surface area contributed by atoms with E-state index >= 15 is 0 Å². The van der Waals surface area contributed by atoms with Crippen LogP contribution in [0.4, 0.5) is 0 Å². The molecule has 2 rings (SSSR count). The van der Waals surface area contributed by atoms with Crippen LogP contribution in [0.5, 0.6) is 0 Å². The molecule has 1 saturated carbocycles. The van der Waals surface area contributed by atoms with E-state index in [1.807, 2.05) is 11.0 Å². The Hall–Kier alpha value is -0.830. The van der Waals surface area contributed by atoms with Gasteiger partial charge in [0, 0.05) is 31.8 Å². The summed E-state index contributed by atoms with van der Waals surface area (Å²) in [5.41, 5.74) is 0. The van der Waals surface area contributed by atoms with Crippen LogP contribution in [0.15, 0.2) is 12.2 Å². The van der Waals surface area contributed by atoms with E-state index in [1.54, 1.807) is 6.08 Å². The zero-order valence-electron chi connectivity index (χ0n) is 11.8. The molecule has 2 fully saturated rings. The molecule has 1 amide bonds. The van der Waals surface area contributed by atoms with Crippen molar-refractivity contribution in [1.82, 2.24) is 9.80 Å². The fraction of sp³-hybridized carbons (Fsp3) is 0.800. The molecule has 102 valence electrons. The van der Waals surface area contributed by atoms with Gasteiger partial charge in [-0.3, -0.25) is 9.69 Å². The zero-order chi connectivity index (χ0) is 13.0. The molecule has 3 nitrogen and oxygen atoms in total. The monoisotopic (exact) mass is 250 g/mol. The van der Waals surface area contributed by atoms with E-state index in [0.717, 1.165) is 38.6 Å². The van der Waals surface area contributed by atoms with Crippen LogP contribution < -0.4 is 0 Å². The second kappa shape index (κ2) is 6.37. The third-order valence-corrected chi connectivity index (χ3v) is 4.33.